The van der Waals surface area contributed by atoms with Gasteiger partial charge in [-0.25, -0.2) is 4.98 Å². The highest BCUT2D eigenvalue weighted by Gasteiger charge is 2.35. The molecule has 1 saturated carbocycles. The summed E-state index contributed by atoms with van der Waals surface area (Å²) in [6.07, 6.45) is 3.79. The van der Waals surface area contributed by atoms with Crippen LogP contribution >= 0.6 is 11.3 Å². The summed E-state index contributed by atoms with van der Waals surface area (Å²) in [7, 11) is 0. The van der Waals surface area contributed by atoms with Gasteiger partial charge in [0.25, 0.3) is 5.91 Å². The molecule has 0 unspecified atom stereocenters. The number of aromatic nitrogens is 1. The molecule has 5 nitrogen and oxygen atoms in total. The molecule has 1 aromatic heterocycles. The van der Waals surface area contributed by atoms with Gasteiger partial charge in [0, 0.05) is 5.92 Å². The Kier molecular flexibility index (Phi) is 6.43. The van der Waals surface area contributed by atoms with E-state index in [2.05, 4.69) is 11.4 Å². The van der Waals surface area contributed by atoms with Crippen molar-refractivity contribution in [2.45, 2.75) is 44.6 Å². The Hall–Kier alpha value is -2.73. The maximum Gasteiger partial charge on any atom is 0.310 e. The largest absolute Gasteiger partial charge is 0.455 e. The first kappa shape index (κ1) is 20.5. The quantitative estimate of drug-likeness (QED) is 0.568. The number of nitrogens with one attached hydrogen (secondary N) is 1. The molecule has 3 aromatic rings. The van der Waals surface area contributed by atoms with Gasteiger partial charge in [0.2, 0.25) is 0 Å². The lowest BCUT2D eigenvalue weighted by atomic mass is 9.79. The summed E-state index contributed by atoms with van der Waals surface area (Å²) in [6.45, 7) is 1.67. The summed E-state index contributed by atoms with van der Waals surface area (Å²) in [4.78, 5) is 29.9. The lowest BCUT2D eigenvalue weighted by Gasteiger charge is -2.28. The van der Waals surface area contributed by atoms with E-state index >= 15 is 0 Å². The fourth-order valence-corrected chi connectivity index (χ4v) is 5.28. The third kappa shape index (κ3) is 4.70. The number of carbonyl (C=O) groups excluding carboxylic acids is 2. The number of thiazole rings is 1. The van der Waals surface area contributed by atoms with Gasteiger partial charge in [-0.05, 0) is 37.5 Å². The van der Waals surface area contributed by atoms with Crippen LogP contribution in [-0.4, -0.2) is 23.5 Å². The maximum atomic E-state index is 12.8. The minimum Gasteiger partial charge on any atom is -0.455 e. The molecule has 0 saturated heterocycles. The third-order valence-corrected chi connectivity index (χ3v) is 6.89. The van der Waals surface area contributed by atoms with E-state index in [0.717, 1.165) is 46.5 Å². The fraction of sp³-hybridized carbons (Fsp3) is 0.375. The highest BCUT2D eigenvalue weighted by atomic mass is 32.1. The summed E-state index contributed by atoms with van der Waals surface area (Å²) in [5, 5.41) is 3.89. The first-order valence-electron chi connectivity index (χ1n) is 10.5. The molecule has 1 amide bonds. The monoisotopic (exact) mass is 422 g/mol. The Morgan fingerprint density at radius 2 is 1.83 bits per heavy atom. The Labute approximate surface area is 180 Å². The van der Waals surface area contributed by atoms with Crippen molar-refractivity contribution >= 4 is 33.4 Å². The van der Waals surface area contributed by atoms with Crippen LogP contribution in [0.5, 0.6) is 0 Å². The van der Waals surface area contributed by atoms with Crippen molar-refractivity contribution < 1.29 is 14.3 Å². The molecule has 2 aromatic carbocycles. The van der Waals surface area contributed by atoms with Crippen molar-refractivity contribution in [2.24, 2.45) is 5.92 Å². The molecule has 1 fully saturated rings. The molecule has 0 spiro atoms. The van der Waals surface area contributed by atoms with Gasteiger partial charge in [-0.3, -0.25) is 9.59 Å². The molecule has 0 aliphatic heterocycles. The van der Waals surface area contributed by atoms with Gasteiger partial charge in [-0.1, -0.05) is 55.3 Å². The van der Waals surface area contributed by atoms with Crippen molar-refractivity contribution in [3.63, 3.8) is 0 Å². The zero-order chi connectivity index (χ0) is 20.9. The van der Waals surface area contributed by atoms with E-state index in [9.17, 15) is 9.59 Å². The van der Waals surface area contributed by atoms with Gasteiger partial charge < -0.3 is 10.1 Å². The average Bonchev–Trinajstić information content (AvgIpc) is 3.22. The summed E-state index contributed by atoms with van der Waals surface area (Å²) in [5.74, 6) is -0.748. The first-order valence-corrected chi connectivity index (χ1v) is 11.3. The molecular formula is C24H26N2O3S. The van der Waals surface area contributed by atoms with Crippen LogP contribution < -0.4 is 5.32 Å². The van der Waals surface area contributed by atoms with Gasteiger partial charge in [0.05, 0.1) is 27.2 Å². The van der Waals surface area contributed by atoms with Crippen LogP contribution in [0.25, 0.3) is 10.2 Å². The molecule has 156 valence electrons. The highest BCUT2D eigenvalue weighted by molar-refractivity contribution is 7.18. The minimum atomic E-state index is -0.290. The van der Waals surface area contributed by atoms with Crippen molar-refractivity contribution in [3.8, 4) is 0 Å². The van der Waals surface area contributed by atoms with Gasteiger partial charge in [-0.15, -0.1) is 11.3 Å². The van der Waals surface area contributed by atoms with Crippen LogP contribution in [0.15, 0.2) is 54.6 Å². The fourth-order valence-electron chi connectivity index (χ4n) is 4.11. The highest BCUT2D eigenvalue weighted by Crippen LogP contribution is 2.41. The number of nitrogens with zero attached hydrogens (tertiary/aromatic N) is 1. The number of amides is 1. The molecule has 1 aliphatic carbocycles. The van der Waals surface area contributed by atoms with E-state index in [-0.39, 0.29) is 36.4 Å². The molecule has 4 rings (SSSR count). The second-order valence-electron chi connectivity index (χ2n) is 7.82. The predicted molar refractivity (Wildman–Crippen MR) is 118 cm³/mol. The van der Waals surface area contributed by atoms with Gasteiger partial charge >= 0.3 is 5.97 Å². The molecule has 1 aliphatic rings. The van der Waals surface area contributed by atoms with Gasteiger partial charge in [0.15, 0.2) is 6.61 Å². The van der Waals surface area contributed by atoms with Crippen molar-refractivity contribution in [1.29, 1.82) is 0 Å². The number of hydrogen-bond acceptors (Lipinski definition) is 5. The number of fused-ring (bicyclic) bond motifs is 1. The third-order valence-electron chi connectivity index (χ3n) is 5.72. The van der Waals surface area contributed by atoms with Crippen LogP contribution in [0, 0.1) is 5.92 Å². The molecule has 1 heterocycles. The number of ether oxygens (including phenoxy) is 1. The number of esters is 1. The number of hydrogen-bond donors (Lipinski definition) is 1. The molecular weight excluding hydrogens is 396 g/mol. The number of rotatable bonds is 6. The van der Waals surface area contributed by atoms with Gasteiger partial charge in [0.1, 0.15) is 0 Å². The summed E-state index contributed by atoms with van der Waals surface area (Å²) in [5.41, 5.74) is 1.99. The van der Waals surface area contributed by atoms with E-state index in [1.165, 1.54) is 0 Å². The Balaban J connectivity index is 1.37. The number of benzene rings is 2. The van der Waals surface area contributed by atoms with E-state index < -0.39 is 0 Å². The zero-order valence-electron chi connectivity index (χ0n) is 17.0. The van der Waals surface area contributed by atoms with Crippen LogP contribution in [0.3, 0.4) is 0 Å². The Morgan fingerprint density at radius 3 is 2.63 bits per heavy atom. The molecule has 0 bridgehead atoms. The Morgan fingerprint density at radius 1 is 1.10 bits per heavy atom. The second-order valence-corrected chi connectivity index (χ2v) is 8.89. The Bertz CT molecular complexity index is 984. The number of carbonyl (C=O) groups is 2. The molecule has 6 heteroatoms. The van der Waals surface area contributed by atoms with E-state index in [1.807, 2.05) is 55.5 Å². The van der Waals surface area contributed by atoms with Crippen LogP contribution in [0.2, 0.25) is 0 Å². The minimum absolute atomic E-state index is 0.0648. The number of para-hydroxylation sites is 1. The van der Waals surface area contributed by atoms with Crippen LogP contribution in [0.1, 0.15) is 55.1 Å². The molecule has 3 atom stereocenters. The maximum absolute atomic E-state index is 12.8. The zero-order valence-corrected chi connectivity index (χ0v) is 17.9. The summed E-state index contributed by atoms with van der Waals surface area (Å²) < 4.78 is 6.57. The SMILES string of the molecule is C[C@@H](NC(=O)COC(=O)[C@H]1CCCC[C@@H]1c1nc2ccccc2s1)c1ccccc1. The van der Waals surface area contributed by atoms with Crippen molar-refractivity contribution in [3.05, 3.63) is 65.2 Å². The van der Waals surface area contributed by atoms with Crippen molar-refractivity contribution in [1.82, 2.24) is 10.3 Å². The van der Waals surface area contributed by atoms with Crippen LogP contribution in [-0.2, 0) is 14.3 Å². The predicted octanol–water partition coefficient (Wildman–Crippen LogP) is 4.99. The van der Waals surface area contributed by atoms with E-state index in [0.29, 0.717) is 0 Å². The molecule has 30 heavy (non-hydrogen) atoms. The normalized spacial score (nSPS) is 19.9. The lowest BCUT2D eigenvalue weighted by molar-refractivity contribution is -0.154. The van der Waals surface area contributed by atoms with E-state index in [1.54, 1.807) is 11.3 Å². The average molecular weight is 423 g/mol. The smallest absolute Gasteiger partial charge is 0.310 e. The first-order chi connectivity index (χ1) is 14.6. The topological polar surface area (TPSA) is 68.3 Å². The second kappa shape index (κ2) is 9.39. The van der Waals surface area contributed by atoms with Gasteiger partial charge in [-0.2, -0.15) is 0 Å². The van der Waals surface area contributed by atoms with E-state index in [4.69, 9.17) is 9.72 Å². The summed E-state index contributed by atoms with van der Waals surface area (Å²) >= 11 is 1.66. The molecule has 1 N–H and O–H groups in total. The molecule has 0 radical (unpaired) electrons. The summed E-state index contributed by atoms with van der Waals surface area (Å²) in [6, 6.07) is 17.6. The lowest BCUT2D eigenvalue weighted by Crippen LogP contribution is -2.34. The van der Waals surface area contributed by atoms with Crippen LogP contribution in [0.4, 0.5) is 0 Å². The standard InChI is InChI=1S/C24H26N2O3S/c1-16(17-9-3-2-4-10-17)25-22(27)15-29-24(28)19-12-6-5-11-18(19)23-26-20-13-7-8-14-21(20)30-23/h2-4,7-10,13-14,16,18-19H,5-6,11-12,15H2,1H3,(H,25,27)/t16-,18+,19+/m1/s1. The van der Waals surface area contributed by atoms with Crippen molar-refractivity contribution in [2.75, 3.05) is 6.61 Å².